The largest absolute Gasteiger partial charge is 0.472 e. The first-order chi connectivity index (χ1) is 11.4. The van der Waals surface area contributed by atoms with Gasteiger partial charge < -0.3 is 14.4 Å². The van der Waals surface area contributed by atoms with E-state index in [1.165, 1.54) is 13.8 Å². The predicted molar refractivity (Wildman–Crippen MR) is 91.7 cm³/mol. The van der Waals surface area contributed by atoms with Gasteiger partial charge in [-0.25, -0.2) is 14.2 Å². The van der Waals surface area contributed by atoms with Gasteiger partial charge >= 0.3 is 19.8 Å². The average molecular weight is 378 g/mol. The summed E-state index contributed by atoms with van der Waals surface area (Å²) in [7, 11) is -4.23. The van der Waals surface area contributed by atoms with Gasteiger partial charge in [0.15, 0.2) is 0 Å². The maximum atomic E-state index is 11.7. The van der Waals surface area contributed by atoms with Gasteiger partial charge in [-0.2, -0.15) is 0 Å². The quantitative estimate of drug-likeness (QED) is 0.314. The van der Waals surface area contributed by atoms with Gasteiger partial charge in [0.2, 0.25) is 0 Å². The van der Waals surface area contributed by atoms with E-state index in [0.717, 1.165) is 0 Å². The molecule has 9 heteroatoms. The summed E-state index contributed by atoms with van der Waals surface area (Å²) in [6.45, 7) is 13.0. The Morgan fingerprint density at radius 1 is 0.920 bits per heavy atom. The molecule has 25 heavy (non-hydrogen) atoms. The third-order valence-electron chi connectivity index (χ3n) is 2.87. The number of rotatable bonds is 12. The molecule has 0 saturated heterocycles. The molecule has 0 aliphatic heterocycles. The van der Waals surface area contributed by atoms with E-state index >= 15 is 0 Å². The summed E-state index contributed by atoms with van der Waals surface area (Å²) in [5.41, 5.74) is 0.538. The second kappa shape index (κ2) is 11.2. The first kappa shape index (κ1) is 23.5. The second-order valence-electron chi connectivity index (χ2n) is 5.70. The van der Waals surface area contributed by atoms with Crippen molar-refractivity contribution in [3.05, 3.63) is 24.3 Å². The van der Waals surface area contributed by atoms with Crippen molar-refractivity contribution in [1.82, 2.24) is 0 Å². The highest BCUT2D eigenvalue weighted by molar-refractivity contribution is 7.47. The van der Waals surface area contributed by atoms with Crippen molar-refractivity contribution in [2.24, 2.45) is 0 Å². The molecule has 0 amide bonds. The van der Waals surface area contributed by atoms with Crippen LogP contribution in [0.5, 0.6) is 0 Å². The summed E-state index contributed by atoms with van der Waals surface area (Å²) >= 11 is 0. The van der Waals surface area contributed by atoms with Crippen LogP contribution in [0.2, 0.25) is 0 Å². The highest BCUT2D eigenvalue weighted by Gasteiger charge is 2.22. The van der Waals surface area contributed by atoms with Crippen LogP contribution in [0, 0.1) is 0 Å². The van der Waals surface area contributed by atoms with Crippen LogP contribution in [0.1, 0.15) is 40.5 Å². The monoisotopic (exact) mass is 378 g/mol. The molecule has 0 aromatic carbocycles. The zero-order valence-electron chi connectivity index (χ0n) is 15.1. The molecule has 0 fully saturated rings. The van der Waals surface area contributed by atoms with Crippen molar-refractivity contribution in [2.45, 2.75) is 52.7 Å². The molecular formula is C16H27O8P. The van der Waals surface area contributed by atoms with Crippen LogP contribution in [0.4, 0.5) is 0 Å². The smallest absolute Gasteiger partial charge is 0.459 e. The summed E-state index contributed by atoms with van der Waals surface area (Å²) in [5.74, 6) is -1.07. The molecular weight excluding hydrogens is 351 g/mol. The SMILES string of the molecule is C=C(C)C(=O)OC(C)CCOP(=O)(O)OCCC(C)OC(=O)C(=C)C. The van der Waals surface area contributed by atoms with E-state index in [2.05, 4.69) is 13.2 Å². The van der Waals surface area contributed by atoms with Crippen molar-refractivity contribution in [3.63, 3.8) is 0 Å². The molecule has 144 valence electrons. The Bertz CT molecular complexity index is 498. The highest BCUT2D eigenvalue weighted by Crippen LogP contribution is 2.43. The molecule has 0 spiro atoms. The predicted octanol–water partition coefficient (Wildman–Crippen LogP) is 2.92. The normalized spacial score (nSPS) is 15.6. The Hall–Kier alpha value is -1.47. The molecule has 0 radical (unpaired) electrons. The number of esters is 2. The van der Waals surface area contributed by atoms with E-state index in [1.54, 1.807) is 13.8 Å². The lowest BCUT2D eigenvalue weighted by molar-refractivity contribution is -0.144. The van der Waals surface area contributed by atoms with Crippen molar-refractivity contribution < 1.29 is 37.6 Å². The Morgan fingerprint density at radius 2 is 1.24 bits per heavy atom. The van der Waals surface area contributed by atoms with E-state index in [0.29, 0.717) is 0 Å². The second-order valence-corrected chi connectivity index (χ2v) is 7.16. The van der Waals surface area contributed by atoms with Crippen LogP contribution < -0.4 is 0 Å². The van der Waals surface area contributed by atoms with Gasteiger partial charge in [0, 0.05) is 24.0 Å². The van der Waals surface area contributed by atoms with Crippen molar-refractivity contribution in [2.75, 3.05) is 13.2 Å². The molecule has 2 atom stereocenters. The highest BCUT2D eigenvalue weighted by atomic mass is 31.2. The minimum absolute atomic E-state index is 0.126. The van der Waals surface area contributed by atoms with Gasteiger partial charge in [0.25, 0.3) is 0 Å². The number of phosphoric acid groups is 1. The van der Waals surface area contributed by atoms with Crippen LogP contribution in [-0.4, -0.2) is 42.3 Å². The minimum Gasteiger partial charge on any atom is -0.459 e. The number of hydrogen-bond donors (Lipinski definition) is 1. The van der Waals surface area contributed by atoms with Crippen LogP contribution in [0.25, 0.3) is 0 Å². The molecule has 0 rings (SSSR count). The Morgan fingerprint density at radius 3 is 1.52 bits per heavy atom. The lowest BCUT2D eigenvalue weighted by atomic mass is 10.3. The van der Waals surface area contributed by atoms with Gasteiger partial charge in [-0.05, 0) is 27.7 Å². The third-order valence-corrected chi connectivity index (χ3v) is 3.89. The van der Waals surface area contributed by atoms with Crippen LogP contribution >= 0.6 is 7.82 Å². The number of carbonyl (C=O) groups is 2. The van der Waals surface area contributed by atoms with E-state index in [1.807, 2.05) is 0 Å². The number of ether oxygens (including phenoxy) is 2. The van der Waals surface area contributed by atoms with Crippen LogP contribution in [-0.2, 0) is 32.7 Å². The fourth-order valence-electron chi connectivity index (χ4n) is 1.39. The summed E-state index contributed by atoms with van der Waals surface area (Å²) < 4.78 is 31.3. The maximum absolute atomic E-state index is 11.7. The standard InChI is InChI=1S/C16H27O8P/c1-11(2)15(17)23-13(5)7-9-21-25(19,20)22-10-8-14(6)24-16(18)12(3)4/h13-14H,1,3,7-10H2,2,4-6H3,(H,19,20). The van der Waals surface area contributed by atoms with Gasteiger partial charge in [-0.1, -0.05) is 13.2 Å². The fourth-order valence-corrected chi connectivity index (χ4v) is 2.14. The third kappa shape index (κ3) is 11.7. The van der Waals surface area contributed by atoms with Crippen molar-refractivity contribution >= 4 is 19.8 Å². The molecule has 8 nitrogen and oxygen atoms in total. The Kier molecular flexibility index (Phi) is 10.5. The molecule has 0 aliphatic carbocycles. The zero-order chi connectivity index (χ0) is 19.6. The van der Waals surface area contributed by atoms with E-state index in [-0.39, 0.29) is 37.2 Å². The molecule has 0 bridgehead atoms. The fraction of sp³-hybridized carbons (Fsp3) is 0.625. The molecule has 0 heterocycles. The van der Waals surface area contributed by atoms with Gasteiger partial charge in [-0.3, -0.25) is 9.05 Å². The Labute approximate surface area is 148 Å². The number of carbonyl (C=O) groups excluding carboxylic acids is 2. The summed E-state index contributed by atoms with van der Waals surface area (Å²) in [6, 6.07) is 0. The van der Waals surface area contributed by atoms with E-state index in [9.17, 15) is 19.0 Å². The first-order valence-corrected chi connectivity index (χ1v) is 9.29. The average Bonchev–Trinajstić information content (AvgIpc) is 2.46. The number of hydrogen-bond acceptors (Lipinski definition) is 7. The van der Waals surface area contributed by atoms with Gasteiger partial charge in [-0.15, -0.1) is 0 Å². The molecule has 2 unspecified atom stereocenters. The Balaban J connectivity index is 4.03. The molecule has 0 aliphatic rings. The lowest BCUT2D eigenvalue weighted by Crippen LogP contribution is -2.18. The summed E-state index contributed by atoms with van der Waals surface area (Å²) in [5, 5.41) is 0. The minimum atomic E-state index is -4.23. The summed E-state index contributed by atoms with van der Waals surface area (Å²) in [4.78, 5) is 32.2. The van der Waals surface area contributed by atoms with Crippen LogP contribution in [0.3, 0.4) is 0 Å². The van der Waals surface area contributed by atoms with E-state index < -0.39 is 32.0 Å². The van der Waals surface area contributed by atoms with Crippen molar-refractivity contribution in [3.8, 4) is 0 Å². The lowest BCUT2D eigenvalue weighted by Gasteiger charge is -2.17. The first-order valence-electron chi connectivity index (χ1n) is 7.79. The molecule has 0 aromatic rings. The summed E-state index contributed by atoms with van der Waals surface area (Å²) in [6.07, 6.45) is -0.546. The van der Waals surface area contributed by atoms with Gasteiger partial charge in [0.05, 0.1) is 13.2 Å². The molecule has 0 aromatic heterocycles. The van der Waals surface area contributed by atoms with Crippen LogP contribution in [0.15, 0.2) is 24.3 Å². The number of phosphoric ester groups is 1. The van der Waals surface area contributed by atoms with E-state index in [4.69, 9.17) is 18.5 Å². The maximum Gasteiger partial charge on any atom is 0.472 e. The zero-order valence-corrected chi connectivity index (χ0v) is 16.0. The topological polar surface area (TPSA) is 108 Å². The van der Waals surface area contributed by atoms with Crippen molar-refractivity contribution in [1.29, 1.82) is 0 Å². The molecule has 0 saturated carbocycles. The molecule has 1 N–H and O–H groups in total. The van der Waals surface area contributed by atoms with Gasteiger partial charge in [0.1, 0.15) is 12.2 Å².